The number of nitrogens with zero attached hydrogens (tertiary/aromatic N) is 1. The number of aromatic nitrogens is 2. The fourth-order valence-electron chi connectivity index (χ4n) is 2.85. The van der Waals surface area contributed by atoms with Gasteiger partial charge >= 0.3 is 0 Å². The van der Waals surface area contributed by atoms with Crippen LogP contribution < -0.4 is 10.0 Å². The van der Waals surface area contributed by atoms with E-state index < -0.39 is 10.0 Å². The van der Waals surface area contributed by atoms with Gasteiger partial charge in [0.2, 0.25) is 15.9 Å². The molecule has 2 aromatic carbocycles. The number of hydrogen-bond acceptors (Lipinski definition) is 4. The van der Waals surface area contributed by atoms with Gasteiger partial charge < -0.3 is 5.32 Å². The second kappa shape index (κ2) is 6.14. The monoisotopic (exact) mass is 370 g/mol. The molecule has 0 saturated heterocycles. The number of fused-ring (bicyclic) bond motifs is 1. The standard InChI is InChI=1S/C18H18N4O3S/c1-11(23)19-18-16-8-5-13(10-17(16)20-21-18)12-3-2-4-14(9-12)22-26(24,25)15-6-7-15/h2-5,8-10,15,22H,6-7H2,1H3,(H2,19,20,21,23). The molecule has 26 heavy (non-hydrogen) atoms. The van der Waals surface area contributed by atoms with Gasteiger partial charge in [-0.05, 0) is 48.2 Å². The van der Waals surface area contributed by atoms with Gasteiger partial charge in [-0.25, -0.2) is 8.42 Å². The van der Waals surface area contributed by atoms with Crippen LogP contribution in [0.1, 0.15) is 19.8 Å². The van der Waals surface area contributed by atoms with Crippen LogP contribution in [0.5, 0.6) is 0 Å². The number of anilines is 2. The minimum Gasteiger partial charge on any atom is -0.309 e. The lowest BCUT2D eigenvalue weighted by Gasteiger charge is -2.09. The largest absolute Gasteiger partial charge is 0.309 e. The first-order valence-corrected chi connectivity index (χ1v) is 9.85. The lowest BCUT2D eigenvalue weighted by molar-refractivity contribution is -0.114. The van der Waals surface area contributed by atoms with E-state index in [1.807, 2.05) is 36.4 Å². The number of hydrogen-bond donors (Lipinski definition) is 3. The Morgan fingerprint density at radius 2 is 1.92 bits per heavy atom. The summed E-state index contributed by atoms with van der Waals surface area (Å²) in [5.41, 5.74) is 3.15. The summed E-state index contributed by atoms with van der Waals surface area (Å²) >= 11 is 0. The van der Waals surface area contributed by atoms with E-state index in [9.17, 15) is 13.2 Å². The van der Waals surface area contributed by atoms with Crippen LogP contribution in [0.2, 0.25) is 0 Å². The van der Waals surface area contributed by atoms with E-state index in [0.29, 0.717) is 11.5 Å². The van der Waals surface area contributed by atoms with Crippen LogP contribution in [0.3, 0.4) is 0 Å². The number of sulfonamides is 1. The summed E-state index contributed by atoms with van der Waals surface area (Å²) in [6.45, 7) is 1.43. The van der Waals surface area contributed by atoms with Crippen molar-refractivity contribution < 1.29 is 13.2 Å². The lowest BCUT2D eigenvalue weighted by atomic mass is 10.0. The van der Waals surface area contributed by atoms with Crippen LogP contribution in [-0.4, -0.2) is 29.8 Å². The first-order chi connectivity index (χ1) is 12.4. The van der Waals surface area contributed by atoms with Gasteiger partial charge in [0.15, 0.2) is 5.82 Å². The second-order valence-electron chi connectivity index (χ2n) is 6.44. The van der Waals surface area contributed by atoms with Gasteiger partial charge in [-0.1, -0.05) is 18.2 Å². The molecule has 0 bridgehead atoms. The van der Waals surface area contributed by atoms with Crippen molar-refractivity contribution in [3.63, 3.8) is 0 Å². The summed E-state index contributed by atoms with van der Waals surface area (Å²) in [5, 5.41) is 10.2. The molecular weight excluding hydrogens is 352 g/mol. The van der Waals surface area contributed by atoms with Gasteiger partial charge in [0.25, 0.3) is 0 Å². The lowest BCUT2D eigenvalue weighted by Crippen LogP contribution is -2.17. The highest BCUT2D eigenvalue weighted by molar-refractivity contribution is 7.93. The number of H-pyrrole nitrogens is 1. The maximum Gasteiger partial charge on any atom is 0.235 e. The normalized spacial score (nSPS) is 14.3. The van der Waals surface area contributed by atoms with Crippen molar-refractivity contribution >= 4 is 38.3 Å². The number of rotatable bonds is 5. The molecule has 1 aliphatic rings. The van der Waals surface area contributed by atoms with E-state index in [0.717, 1.165) is 34.9 Å². The zero-order chi connectivity index (χ0) is 18.3. The number of aromatic amines is 1. The van der Waals surface area contributed by atoms with E-state index in [1.54, 1.807) is 6.07 Å². The Labute approximate surface area is 150 Å². The highest BCUT2D eigenvalue weighted by Gasteiger charge is 2.35. The molecule has 1 aliphatic carbocycles. The summed E-state index contributed by atoms with van der Waals surface area (Å²) in [6, 6.07) is 13.0. The first kappa shape index (κ1) is 16.6. The highest BCUT2D eigenvalue weighted by atomic mass is 32.2. The van der Waals surface area contributed by atoms with E-state index in [-0.39, 0.29) is 11.2 Å². The zero-order valence-electron chi connectivity index (χ0n) is 14.1. The number of carbonyl (C=O) groups is 1. The Kier molecular flexibility index (Phi) is 3.91. The third kappa shape index (κ3) is 3.28. The number of benzene rings is 2. The molecule has 8 heteroatoms. The molecule has 1 amide bonds. The van der Waals surface area contributed by atoms with Crippen molar-refractivity contribution in [2.75, 3.05) is 10.0 Å². The fraction of sp³-hybridized carbons (Fsp3) is 0.222. The average molecular weight is 370 g/mol. The van der Waals surface area contributed by atoms with Gasteiger partial charge in [-0.3, -0.25) is 14.6 Å². The summed E-state index contributed by atoms with van der Waals surface area (Å²) in [6.07, 6.45) is 1.45. The second-order valence-corrected chi connectivity index (χ2v) is 8.40. The molecule has 134 valence electrons. The molecule has 3 N–H and O–H groups in total. The van der Waals surface area contributed by atoms with Gasteiger partial charge in [-0.15, -0.1) is 0 Å². The van der Waals surface area contributed by atoms with Crippen molar-refractivity contribution in [2.45, 2.75) is 25.0 Å². The minimum absolute atomic E-state index is 0.182. The topological polar surface area (TPSA) is 104 Å². The Bertz CT molecular complexity index is 1100. The molecule has 0 aliphatic heterocycles. The fourth-order valence-corrected chi connectivity index (χ4v) is 4.23. The van der Waals surface area contributed by atoms with Gasteiger partial charge in [0.1, 0.15) is 0 Å². The van der Waals surface area contributed by atoms with E-state index >= 15 is 0 Å². The molecular formula is C18H18N4O3S. The summed E-state index contributed by atoms with van der Waals surface area (Å²) in [4.78, 5) is 11.2. The number of nitrogens with one attached hydrogen (secondary N) is 3. The van der Waals surface area contributed by atoms with Gasteiger partial charge in [0.05, 0.1) is 10.8 Å². The van der Waals surface area contributed by atoms with Crippen molar-refractivity contribution in [3.8, 4) is 11.1 Å². The summed E-state index contributed by atoms with van der Waals surface area (Å²) < 4.78 is 26.9. The Morgan fingerprint density at radius 3 is 2.65 bits per heavy atom. The van der Waals surface area contributed by atoms with Crippen LogP contribution in [0.25, 0.3) is 22.0 Å². The van der Waals surface area contributed by atoms with Crippen molar-refractivity contribution in [3.05, 3.63) is 42.5 Å². The van der Waals surface area contributed by atoms with Gasteiger partial charge in [-0.2, -0.15) is 5.10 Å². The molecule has 0 spiro atoms. The van der Waals surface area contributed by atoms with Crippen LogP contribution in [0.15, 0.2) is 42.5 Å². The maximum atomic E-state index is 12.1. The minimum atomic E-state index is -3.29. The van der Waals surface area contributed by atoms with E-state index in [1.165, 1.54) is 6.92 Å². The number of carbonyl (C=O) groups excluding carboxylic acids is 1. The number of amides is 1. The molecule has 0 atom stereocenters. The Morgan fingerprint density at radius 1 is 1.15 bits per heavy atom. The quantitative estimate of drug-likeness (QED) is 0.642. The third-order valence-electron chi connectivity index (χ3n) is 4.28. The molecule has 1 aromatic heterocycles. The maximum absolute atomic E-state index is 12.1. The van der Waals surface area contributed by atoms with E-state index in [4.69, 9.17) is 0 Å². The SMILES string of the molecule is CC(=O)Nc1n[nH]c2cc(-c3cccc(NS(=O)(=O)C4CC4)c3)ccc12. The predicted octanol–water partition coefficient (Wildman–Crippen LogP) is 3.09. The molecule has 0 unspecified atom stereocenters. The zero-order valence-corrected chi connectivity index (χ0v) is 14.9. The molecule has 1 fully saturated rings. The van der Waals surface area contributed by atoms with Crippen molar-refractivity contribution in [2.24, 2.45) is 0 Å². The molecule has 0 radical (unpaired) electrons. The molecule has 1 saturated carbocycles. The Balaban J connectivity index is 1.65. The molecule has 4 rings (SSSR count). The average Bonchev–Trinajstić information content (AvgIpc) is 3.38. The van der Waals surface area contributed by atoms with Crippen LogP contribution in [-0.2, 0) is 14.8 Å². The first-order valence-electron chi connectivity index (χ1n) is 8.30. The van der Waals surface area contributed by atoms with Crippen LogP contribution >= 0.6 is 0 Å². The summed E-state index contributed by atoms with van der Waals surface area (Å²) in [5.74, 6) is 0.308. The smallest absolute Gasteiger partial charge is 0.235 e. The van der Waals surface area contributed by atoms with Crippen LogP contribution in [0, 0.1) is 0 Å². The third-order valence-corrected chi connectivity index (χ3v) is 6.15. The molecule has 1 heterocycles. The van der Waals surface area contributed by atoms with Crippen molar-refractivity contribution in [1.29, 1.82) is 0 Å². The van der Waals surface area contributed by atoms with Gasteiger partial charge in [0, 0.05) is 18.0 Å². The van der Waals surface area contributed by atoms with Crippen LogP contribution in [0.4, 0.5) is 11.5 Å². The predicted molar refractivity (Wildman–Crippen MR) is 101 cm³/mol. The van der Waals surface area contributed by atoms with Crippen molar-refractivity contribution in [1.82, 2.24) is 10.2 Å². The summed E-state index contributed by atoms with van der Waals surface area (Å²) in [7, 11) is -3.29. The molecule has 3 aromatic rings. The molecule has 7 nitrogen and oxygen atoms in total. The van der Waals surface area contributed by atoms with E-state index in [2.05, 4.69) is 20.2 Å². The highest BCUT2D eigenvalue weighted by Crippen LogP contribution is 2.32. The Hall–Kier alpha value is -2.87.